The fourth-order valence-electron chi connectivity index (χ4n) is 2.66. The number of rotatable bonds is 5. The van der Waals surface area contributed by atoms with Gasteiger partial charge in [-0.25, -0.2) is 8.78 Å². The number of benzene rings is 1. The van der Waals surface area contributed by atoms with Crippen molar-refractivity contribution >= 4 is 11.8 Å². The largest absolute Gasteiger partial charge is 0.391 e. The van der Waals surface area contributed by atoms with E-state index >= 15 is 0 Å². The lowest BCUT2D eigenvalue weighted by atomic mass is 10.0. The number of carbonyl (C=O) groups is 2. The van der Waals surface area contributed by atoms with Crippen LogP contribution in [-0.4, -0.2) is 41.0 Å². The number of carbonyl (C=O) groups excluding carboxylic acids is 2. The minimum atomic E-state index is -0.797. The predicted molar refractivity (Wildman–Crippen MR) is 79.3 cm³/mol. The Hall–Kier alpha value is -2.28. The van der Waals surface area contributed by atoms with Gasteiger partial charge >= 0.3 is 0 Å². The normalized spacial score (nSPS) is 20.4. The van der Waals surface area contributed by atoms with Crippen LogP contribution >= 0.6 is 0 Å². The van der Waals surface area contributed by atoms with Crippen LogP contribution in [0.4, 0.5) is 8.78 Å². The number of amides is 2. The van der Waals surface area contributed by atoms with Crippen molar-refractivity contribution in [1.82, 2.24) is 10.2 Å². The number of nitrogens with one attached hydrogen (secondary N) is 1. The van der Waals surface area contributed by atoms with Gasteiger partial charge in [-0.3, -0.25) is 9.59 Å². The highest BCUT2D eigenvalue weighted by molar-refractivity contribution is 5.87. The molecule has 7 heteroatoms. The molecule has 0 aromatic heterocycles. The summed E-state index contributed by atoms with van der Waals surface area (Å²) in [4.78, 5) is 24.6. The Morgan fingerprint density at radius 1 is 1.43 bits per heavy atom. The molecule has 0 spiro atoms. The summed E-state index contributed by atoms with van der Waals surface area (Å²) < 4.78 is 27.3. The van der Waals surface area contributed by atoms with Gasteiger partial charge in [-0.15, -0.1) is 0 Å². The first-order valence-electron chi connectivity index (χ1n) is 7.25. The van der Waals surface area contributed by atoms with Crippen LogP contribution in [0, 0.1) is 11.6 Å². The van der Waals surface area contributed by atoms with E-state index in [1.807, 2.05) is 0 Å². The lowest BCUT2D eigenvalue weighted by Crippen LogP contribution is -2.35. The Bertz CT molecular complexity index is 621. The second-order valence-corrected chi connectivity index (χ2v) is 5.36. The number of hydrogen-bond acceptors (Lipinski definition) is 3. The van der Waals surface area contributed by atoms with Crippen LogP contribution in [0.3, 0.4) is 0 Å². The van der Waals surface area contributed by atoms with Gasteiger partial charge in [0.05, 0.1) is 12.1 Å². The molecule has 1 aromatic carbocycles. The van der Waals surface area contributed by atoms with Crippen LogP contribution < -0.4 is 5.32 Å². The van der Waals surface area contributed by atoms with Gasteiger partial charge in [-0.05, 0) is 30.7 Å². The third-order valence-electron chi connectivity index (χ3n) is 3.74. The quantitative estimate of drug-likeness (QED) is 0.802. The topological polar surface area (TPSA) is 69.6 Å². The molecule has 2 N–H and O–H groups in total. The number of β-amino-alcohol motifs (C(OH)–C–C–N with tert-alkyl or cyclic N) is 1. The van der Waals surface area contributed by atoms with Gasteiger partial charge in [0, 0.05) is 25.1 Å². The van der Waals surface area contributed by atoms with E-state index in [1.54, 1.807) is 0 Å². The van der Waals surface area contributed by atoms with Crippen LogP contribution in [-0.2, 0) is 9.59 Å². The van der Waals surface area contributed by atoms with Crippen LogP contribution in [0.2, 0.25) is 0 Å². The first-order chi connectivity index (χ1) is 10.9. The van der Waals surface area contributed by atoms with Crippen molar-refractivity contribution in [3.05, 3.63) is 48.1 Å². The lowest BCUT2D eigenvalue weighted by molar-refractivity contribution is -0.132. The molecule has 1 aromatic rings. The molecule has 2 unspecified atom stereocenters. The first kappa shape index (κ1) is 17.1. The molecule has 0 aliphatic carbocycles. The fourth-order valence-corrected chi connectivity index (χ4v) is 2.66. The Balaban J connectivity index is 2.10. The van der Waals surface area contributed by atoms with Crippen molar-refractivity contribution < 1.29 is 23.5 Å². The number of halogens is 2. The van der Waals surface area contributed by atoms with E-state index in [0.717, 1.165) is 24.3 Å². The Morgan fingerprint density at radius 3 is 2.87 bits per heavy atom. The summed E-state index contributed by atoms with van der Waals surface area (Å²) in [7, 11) is 0. The average molecular weight is 324 g/mol. The van der Waals surface area contributed by atoms with Crippen LogP contribution in [0.15, 0.2) is 30.9 Å². The monoisotopic (exact) mass is 324 g/mol. The van der Waals surface area contributed by atoms with E-state index in [4.69, 9.17) is 0 Å². The van der Waals surface area contributed by atoms with Crippen molar-refractivity contribution in [2.24, 2.45) is 0 Å². The predicted octanol–water partition coefficient (Wildman–Crippen LogP) is 1.29. The van der Waals surface area contributed by atoms with Crippen LogP contribution in [0.1, 0.15) is 24.4 Å². The van der Waals surface area contributed by atoms with Crippen LogP contribution in [0.5, 0.6) is 0 Å². The van der Waals surface area contributed by atoms with Crippen molar-refractivity contribution in [2.75, 3.05) is 13.1 Å². The standard InChI is InChI=1S/C16H18F2N2O3/c1-2-15(22)19-6-5-16(23)20-9-11(21)8-14(20)12-7-10(17)3-4-13(12)18/h2-4,7,11,14,21H,1,5-6,8-9H2,(H,19,22). The molecular formula is C16H18F2N2O3. The molecule has 1 aliphatic heterocycles. The van der Waals surface area contributed by atoms with Gasteiger partial charge in [0.25, 0.3) is 0 Å². The molecule has 0 saturated carbocycles. The zero-order chi connectivity index (χ0) is 17.0. The molecule has 2 amide bonds. The molecule has 2 atom stereocenters. The van der Waals surface area contributed by atoms with Gasteiger partial charge in [0.15, 0.2) is 0 Å². The molecule has 1 aliphatic rings. The summed E-state index contributed by atoms with van der Waals surface area (Å²) in [6, 6.07) is 2.32. The van der Waals surface area contributed by atoms with Crippen molar-refractivity contribution in [3.8, 4) is 0 Å². The number of aliphatic hydroxyl groups is 1. The van der Waals surface area contributed by atoms with Gasteiger partial charge in [-0.1, -0.05) is 6.58 Å². The third-order valence-corrected chi connectivity index (χ3v) is 3.74. The van der Waals surface area contributed by atoms with Crippen LogP contribution in [0.25, 0.3) is 0 Å². The maximum atomic E-state index is 13.9. The highest BCUT2D eigenvalue weighted by Crippen LogP contribution is 2.34. The van der Waals surface area contributed by atoms with Gasteiger partial charge in [0.2, 0.25) is 11.8 Å². The molecule has 23 heavy (non-hydrogen) atoms. The summed E-state index contributed by atoms with van der Waals surface area (Å²) >= 11 is 0. The van der Waals surface area contributed by atoms with E-state index < -0.39 is 29.7 Å². The highest BCUT2D eigenvalue weighted by atomic mass is 19.1. The van der Waals surface area contributed by atoms with Crippen molar-refractivity contribution in [3.63, 3.8) is 0 Å². The Kier molecular flexibility index (Phi) is 5.44. The number of likely N-dealkylation sites (tertiary alicyclic amines) is 1. The van der Waals surface area contributed by atoms with Gasteiger partial charge in [-0.2, -0.15) is 0 Å². The Labute approximate surface area is 132 Å². The average Bonchev–Trinajstić information content (AvgIpc) is 2.91. The molecule has 0 radical (unpaired) electrons. The summed E-state index contributed by atoms with van der Waals surface area (Å²) in [6.07, 6.45) is 0.439. The smallest absolute Gasteiger partial charge is 0.243 e. The highest BCUT2D eigenvalue weighted by Gasteiger charge is 2.36. The molecule has 1 heterocycles. The van der Waals surface area contributed by atoms with E-state index in [1.165, 1.54) is 4.90 Å². The first-order valence-corrected chi connectivity index (χ1v) is 7.25. The molecule has 0 bridgehead atoms. The lowest BCUT2D eigenvalue weighted by Gasteiger charge is -2.25. The molecule has 2 rings (SSSR count). The van der Waals surface area contributed by atoms with E-state index in [9.17, 15) is 23.5 Å². The summed E-state index contributed by atoms with van der Waals surface area (Å²) in [5, 5.41) is 12.3. The number of nitrogens with zero attached hydrogens (tertiary/aromatic N) is 1. The summed E-state index contributed by atoms with van der Waals surface area (Å²) in [5.41, 5.74) is 0.0463. The zero-order valence-corrected chi connectivity index (χ0v) is 12.5. The Morgan fingerprint density at radius 2 is 2.17 bits per heavy atom. The van der Waals surface area contributed by atoms with E-state index in [-0.39, 0.29) is 37.4 Å². The minimum Gasteiger partial charge on any atom is -0.391 e. The second kappa shape index (κ2) is 7.32. The van der Waals surface area contributed by atoms with E-state index in [2.05, 4.69) is 11.9 Å². The fraction of sp³-hybridized carbons (Fsp3) is 0.375. The van der Waals surface area contributed by atoms with E-state index in [0.29, 0.717) is 0 Å². The van der Waals surface area contributed by atoms with Crippen molar-refractivity contribution in [2.45, 2.75) is 25.0 Å². The van der Waals surface area contributed by atoms with Gasteiger partial charge < -0.3 is 15.3 Å². The molecule has 1 saturated heterocycles. The maximum absolute atomic E-state index is 13.9. The second-order valence-electron chi connectivity index (χ2n) is 5.36. The molecule has 1 fully saturated rings. The maximum Gasteiger partial charge on any atom is 0.243 e. The van der Waals surface area contributed by atoms with Gasteiger partial charge in [0.1, 0.15) is 11.6 Å². The molecule has 124 valence electrons. The minimum absolute atomic E-state index is 0.000263. The summed E-state index contributed by atoms with van der Waals surface area (Å²) in [5.74, 6) is -1.97. The summed E-state index contributed by atoms with van der Waals surface area (Å²) in [6.45, 7) is 3.45. The molecular weight excluding hydrogens is 306 g/mol. The molecule has 5 nitrogen and oxygen atoms in total. The SMILES string of the molecule is C=CC(=O)NCCC(=O)N1CC(O)CC1c1cc(F)ccc1F. The van der Waals surface area contributed by atoms with Crippen molar-refractivity contribution in [1.29, 1.82) is 0 Å². The third kappa shape index (κ3) is 4.13. The number of aliphatic hydroxyl groups excluding tert-OH is 1. The number of hydrogen-bond donors (Lipinski definition) is 2. The zero-order valence-electron chi connectivity index (χ0n) is 12.5.